The van der Waals surface area contributed by atoms with E-state index in [0.717, 1.165) is 4.90 Å². The Bertz CT molecular complexity index is 534. The standard InChI is InChI=1S/C11H6ClN3S/c12-9-6-14-11(15-7-9)16-10-3-1-2-8(4-10)5-13/h1-4,6-7H. The van der Waals surface area contributed by atoms with Crippen LogP contribution in [0.5, 0.6) is 0 Å². The number of hydrogen-bond donors (Lipinski definition) is 0. The molecular formula is C11H6ClN3S. The Morgan fingerprint density at radius 1 is 1.25 bits per heavy atom. The van der Waals surface area contributed by atoms with Crippen LogP contribution >= 0.6 is 23.4 Å². The van der Waals surface area contributed by atoms with Gasteiger partial charge in [0.15, 0.2) is 5.16 Å². The van der Waals surface area contributed by atoms with Crippen molar-refractivity contribution in [3.05, 3.63) is 47.2 Å². The fraction of sp³-hybridized carbons (Fsp3) is 0. The van der Waals surface area contributed by atoms with Crippen LogP contribution in [0.1, 0.15) is 5.56 Å². The van der Waals surface area contributed by atoms with Gasteiger partial charge in [-0.1, -0.05) is 17.7 Å². The van der Waals surface area contributed by atoms with Gasteiger partial charge < -0.3 is 0 Å². The first-order chi connectivity index (χ1) is 7.78. The van der Waals surface area contributed by atoms with E-state index in [-0.39, 0.29) is 0 Å². The Morgan fingerprint density at radius 2 is 2.00 bits per heavy atom. The van der Waals surface area contributed by atoms with E-state index in [0.29, 0.717) is 15.7 Å². The predicted octanol–water partition coefficient (Wildman–Crippen LogP) is 3.15. The number of nitriles is 1. The van der Waals surface area contributed by atoms with Gasteiger partial charge >= 0.3 is 0 Å². The molecule has 78 valence electrons. The number of benzene rings is 1. The van der Waals surface area contributed by atoms with E-state index in [1.807, 2.05) is 12.1 Å². The van der Waals surface area contributed by atoms with Gasteiger partial charge in [-0.15, -0.1) is 0 Å². The summed E-state index contributed by atoms with van der Waals surface area (Å²) in [7, 11) is 0. The topological polar surface area (TPSA) is 49.6 Å². The van der Waals surface area contributed by atoms with E-state index in [2.05, 4.69) is 16.0 Å². The highest BCUT2D eigenvalue weighted by atomic mass is 35.5. The van der Waals surface area contributed by atoms with Gasteiger partial charge in [-0.3, -0.25) is 0 Å². The molecule has 1 aromatic carbocycles. The number of aromatic nitrogens is 2. The summed E-state index contributed by atoms with van der Waals surface area (Å²) < 4.78 is 0. The number of nitrogens with zero attached hydrogens (tertiary/aromatic N) is 3. The summed E-state index contributed by atoms with van der Waals surface area (Å²) in [5.74, 6) is 0. The first-order valence-corrected chi connectivity index (χ1v) is 5.63. The second-order valence-corrected chi connectivity index (χ2v) is 4.40. The Kier molecular flexibility index (Phi) is 3.40. The molecule has 0 atom stereocenters. The number of rotatable bonds is 2. The molecule has 0 amide bonds. The normalized spacial score (nSPS) is 9.75. The van der Waals surface area contributed by atoms with Crippen molar-refractivity contribution in [3.63, 3.8) is 0 Å². The van der Waals surface area contributed by atoms with Gasteiger partial charge in [0.25, 0.3) is 0 Å². The van der Waals surface area contributed by atoms with Gasteiger partial charge in [0.1, 0.15) is 0 Å². The molecule has 1 heterocycles. The molecule has 16 heavy (non-hydrogen) atoms. The van der Waals surface area contributed by atoms with Gasteiger partial charge in [0.2, 0.25) is 0 Å². The van der Waals surface area contributed by atoms with Gasteiger partial charge in [-0.25, -0.2) is 9.97 Å². The van der Waals surface area contributed by atoms with Gasteiger partial charge in [0.05, 0.1) is 29.0 Å². The molecule has 0 N–H and O–H groups in total. The molecule has 2 aromatic rings. The smallest absolute Gasteiger partial charge is 0.192 e. The summed E-state index contributed by atoms with van der Waals surface area (Å²) in [5.41, 5.74) is 0.624. The second kappa shape index (κ2) is 4.97. The molecule has 0 unspecified atom stereocenters. The van der Waals surface area contributed by atoms with Crippen molar-refractivity contribution in [3.8, 4) is 6.07 Å². The van der Waals surface area contributed by atoms with Crippen molar-refractivity contribution in [2.45, 2.75) is 10.1 Å². The molecule has 5 heteroatoms. The van der Waals surface area contributed by atoms with E-state index in [1.165, 1.54) is 11.8 Å². The third-order valence-electron chi connectivity index (χ3n) is 1.77. The van der Waals surface area contributed by atoms with Crippen LogP contribution in [0.15, 0.2) is 46.7 Å². The molecule has 0 saturated carbocycles. The lowest BCUT2D eigenvalue weighted by Crippen LogP contribution is -1.84. The zero-order chi connectivity index (χ0) is 11.4. The van der Waals surface area contributed by atoms with Crippen LogP contribution in [0.3, 0.4) is 0 Å². The van der Waals surface area contributed by atoms with Gasteiger partial charge in [-0.05, 0) is 30.0 Å². The van der Waals surface area contributed by atoms with Crippen molar-refractivity contribution < 1.29 is 0 Å². The highest BCUT2D eigenvalue weighted by Crippen LogP contribution is 2.25. The van der Waals surface area contributed by atoms with E-state index >= 15 is 0 Å². The first kappa shape index (κ1) is 10.9. The largest absolute Gasteiger partial charge is 0.229 e. The molecule has 0 aliphatic rings. The van der Waals surface area contributed by atoms with E-state index in [1.54, 1.807) is 24.5 Å². The quantitative estimate of drug-likeness (QED) is 0.765. The molecule has 0 bridgehead atoms. The summed E-state index contributed by atoms with van der Waals surface area (Å²) >= 11 is 7.08. The summed E-state index contributed by atoms with van der Waals surface area (Å²) in [6.45, 7) is 0. The molecule has 0 aliphatic carbocycles. The SMILES string of the molecule is N#Cc1cccc(Sc2ncc(Cl)cn2)c1. The van der Waals surface area contributed by atoms with Crippen molar-refractivity contribution >= 4 is 23.4 Å². The van der Waals surface area contributed by atoms with Crippen LogP contribution in [-0.4, -0.2) is 9.97 Å². The fourth-order valence-corrected chi connectivity index (χ4v) is 1.94. The lowest BCUT2D eigenvalue weighted by Gasteiger charge is -1.99. The molecule has 0 spiro atoms. The maximum atomic E-state index is 8.76. The molecule has 1 aromatic heterocycles. The average molecular weight is 248 g/mol. The fourth-order valence-electron chi connectivity index (χ4n) is 1.09. The predicted molar refractivity (Wildman–Crippen MR) is 62.3 cm³/mol. The van der Waals surface area contributed by atoms with Crippen molar-refractivity contribution in [1.29, 1.82) is 5.26 Å². The Morgan fingerprint density at radius 3 is 2.69 bits per heavy atom. The third kappa shape index (κ3) is 2.72. The second-order valence-electron chi connectivity index (χ2n) is 2.93. The Labute approximate surface area is 102 Å². The Hall–Kier alpha value is -1.57. The lowest BCUT2D eigenvalue weighted by atomic mass is 10.2. The molecule has 0 fully saturated rings. The summed E-state index contributed by atoms with van der Waals surface area (Å²) in [6.07, 6.45) is 3.09. The van der Waals surface area contributed by atoms with Gasteiger partial charge in [-0.2, -0.15) is 5.26 Å². The van der Waals surface area contributed by atoms with Crippen molar-refractivity contribution in [2.75, 3.05) is 0 Å². The van der Waals surface area contributed by atoms with Gasteiger partial charge in [0, 0.05) is 4.90 Å². The van der Waals surface area contributed by atoms with E-state index < -0.39 is 0 Å². The molecule has 3 nitrogen and oxygen atoms in total. The van der Waals surface area contributed by atoms with Crippen LogP contribution in [0.4, 0.5) is 0 Å². The van der Waals surface area contributed by atoms with Crippen LogP contribution < -0.4 is 0 Å². The lowest BCUT2D eigenvalue weighted by molar-refractivity contribution is 0.967. The molecule has 0 aliphatic heterocycles. The van der Waals surface area contributed by atoms with Crippen LogP contribution in [0, 0.1) is 11.3 Å². The summed E-state index contributed by atoms with van der Waals surface area (Å²) in [4.78, 5) is 9.06. The van der Waals surface area contributed by atoms with Crippen molar-refractivity contribution in [2.24, 2.45) is 0 Å². The average Bonchev–Trinajstić information content (AvgIpc) is 2.32. The van der Waals surface area contributed by atoms with Crippen molar-refractivity contribution in [1.82, 2.24) is 9.97 Å². The molecule has 0 saturated heterocycles. The molecule has 0 radical (unpaired) electrons. The zero-order valence-electron chi connectivity index (χ0n) is 8.09. The third-order valence-corrected chi connectivity index (χ3v) is 2.85. The summed E-state index contributed by atoms with van der Waals surface area (Å²) in [6, 6.07) is 9.37. The maximum absolute atomic E-state index is 8.76. The van der Waals surface area contributed by atoms with E-state index in [9.17, 15) is 0 Å². The minimum atomic E-state index is 0.509. The number of halogens is 1. The monoisotopic (exact) mass is 247 g/mol. The maximum Gasteiger partial charge on any atom is 0.192 e. The van der Waals surface area contributed by atoms with E-state index in [4.69, 9.17) is 16.9 Å². The van der Waals surface area contributed by atoms with Crippen LogP contribution in [-0.2, 0) is 0 Å². The summed E-state index contributed by atoms with van der Waals surface area (Å²) in [5, 5.41) is 9.88. The minimum Gasteiger partial charge on any atom is -0.229 e. The van der Waals surface area contributed by atoms with Crippen LogP contribution in [0.25, 0.3) is 0 Å². The highest BCUT2D eigenvalue weighted by molar-refractivity contribution is 7.99. The first-order valence-electron chi connectivity index (χ1n) is 4.43. The zero-order valence-corrected chi connectivity index (χ0v) is 9.66. The number of hydrogen-bond acceptors (Lipinski definition) is 4. The minimum absolute atomic E-state index is 0.509. The molecular weight excluding hydrogens is 242 g/mol. The highest BCUT2D eigenvalue weighted by Gasteiger charge is 2.01. The van der Waals surface area contributed by atoms with Crippen LogP contribution in [0.2, 0.25) is 5.02 Å². The molecule has 2 rings (SSSR count). The Balaban J connectivity index is 2.21.